The first kappa shape index (κ1) is 13.2. The topological polar surface area (TPSA) is 78.4 Å². The molecule has 0 aromatic carbocycles. The molecule has 1 atom stereocenters. The van der Waals surface area contributed by atoms with Crippen molar-refractivity contribution < 1.29 is 9.90 Å². The summed E-state index contributed by atoms with van der Waals surface area (Å²) >= 11 is 1.18. The van der Waals surface area contributed by atoms with Crippen molar-refractivity contribution >= 4 is 22.7 Å². The van der Waals surface area contributed by atoms with Crippen molar-refractivity contribution in [3.63, 3.8) is 0 Å². The van der Waals surface area contributed by atoms with Crippen molar-refractivity contribution in [2.45, 2.75) is 26.7 Å². The molecule has 0 bridgehead atoms. The smallest absolute Gasteiger partial charge is 0.323 e. The van der Waals surface area contributed by atoms with E-state index in [4.69, 9.17) is 0 Å². The number of aliphatic hydroxyl groups is 1. The molecule has 100 valence electrons. The summed E-state index contributed by atoms with van der Waals surface area (Å²) in [5.41, 5.74) is -0.188. The van der Waals surface area contributed by atoms with Gasteiger partial charge in [-0.3, -0.25) is 5.32 Å². The van der Waals surface area contributed by atoms with E-state index in [2.05, 4.69) is 14.7 Å². The number of hydrogen-bond donors (Lipinski definition) is 2. The minimum atomic E-state index is -0.188. The second kappa shape index (κ2) is 5.19. The first-order valence-electron chi connectivity index (χ1n) is 5.99. The number of anilines is 1. The van der Waals surface area contributed by atoms with Crippen molar-refractivity contribution in [3.8, 4) is 0 Å². The van der Waals surface area contributed by atoms with Crippen molar-refractivity contribution in [2.24, 2.45) is 5.41 Å². The minimum Gasteiger partial charge on any atom is -0.396 e. The highest BCUT2D eigenvalue weighted by molar-refractivity contribution is 7.09. The average molecular weight is 270 g/mol. The van der Waals surface area contributed by atoms with Crippen LogP contribution in [0.4, 0.5) is 9.93 Å². The first-order chi connectivity index (χ1) is 8.52. The second-order valence-electron chi connectivity index (χ2n) is 5.07. The van der Waals surface area contributed by atoms with Crippen molar-refractivity contribution in [3.05, 3.63) is 5.82 Å². The van der Waals surface area contributed by atoms with Gasteiger partial charge in [-0.05, 0) is 19.8 Å². The molecule has 2 heterocycles. The molecule has 2 amide bonds. The molecule has 1 aliphatic rings. The summed E-state index contributed by atoms with van der Waals surface area (Å²) in [6.45, 7) is 5.19. The standard InChI is InChI=1S/C11H18N4O2S/c1-8-12-9(18-14-8)13-10(17)15-5-3-4-11(2,6-15)7-16/h16H,3-7H2,1-2H3,(H,12,13,14,17)/t11-/m1/s1. The number of nitrogens with one attached hydrogen (secondary N) is 1. The summed E-state index contributed by atoms with van der Waals surface area (Å²) in [7, 11) is 0. The van der Waals surface area contributed by atoms with Gasteiger partial charge in [0.25, 0.3) is 0 Å². The number of urea groups is 1. The lowest BCUT2D eigenvalue weighted by atomic mass is 9.83. The van der Waals surface area contributed by atoms with Crippen LogP contribution in [0.1, 0.15) is 25.6 Å². The number of carbonyl (C=O) groups is 1. The fraction of sp³-hybridized carbons (Fsp3) is 0.727. The molecule has 0 saturated carbocycles. The van der Waals surface area contributed by atoms with Gasteiger partial charge in [-0.15, -0.1) is 0 Å². The van der Waals surface area contributed by atoms with Crippen LogP contribution in [0.5, 0.6) is 0 Å². The molecule has 0 spiro atoms. The number of nitrogens with zero attached hydrogens (tertiary/aromatic N) is 3. The maximum atomic E-state index is 12.1. The van der Waals surface area contributed by atoms with Gasteiger partial charge >= 0.3 is 6.03 Å². The Bertz CT molecular complexity index is 436. The third-order valence-electron chi connectivity index (χ3n) is 3.19. The number of hydrogen-bond acceptors (Lipinski definition) is 5. The van der Waals surface area contributed by atoms with Crippen LogP contribution in [0, 0.1) is 12.3 Å². The predicted molar refractivity (Wildman–Crippen MR) is 69.7 cm³/mol. The molecule has 0 radical (unpaired) electrons. The Kier molecular flexibility index (Phi) is 3.82. The van der Waals surface area contributed by atoms with Crippen LogP contribution < -0.4 is 5.32 Å². The first-order valence-corrected chi connectivity index (χ1v) is 6.77. The zero-order valence-electron chi connectivity index (χ0n) is 10.6. The maximum absolute atomic E-state index is 12.1. The molecule has 2 rings (SSSR count). The summed E-state index contributed by atoms with van der Waals surface area (Å²) in [4.78, 5) is 17.9. The summed E-state index contributed by atoms with van der Waals surface area (Å²) in [6, 6.07) is -0.162. The van der Waals surface area contributed by atoms with E-state index in [-0.39, 0.29) is 18.1 Å². The third kappa shape index (κ3) is 2.97. The van der Waals surface area contributed by atoms with E-state index in [0.29, 0.717) is 17.5 Å². The molecule has 1 saturated heterocycles. The fourth-order valence-corrected chi connectivity index (χ4v) is 2.70. The van der Waals surface area contributed by atoms with Crippen LogP contribution in [-0.4, -0.2) is 45.1 Å². The Labute approximate surface area is 110 Å². The molecular formula is C11H18N4O2S. The average Bonchev–Trinajstić information content (AvgIpc) is 2.75. The van der Waals surface area contributed by atoms with Gasteiger partial charge in [0.1, 0.15) is 5.82 Å². The van der Waals surface area contributed by atoms with Crippen LogP contribution >= 0.6 is 11.5 Å². The molecule has 1 aromatic rings. The van der Waals surface area contributed by atoms with Gasteiger partial charge in [0.05, 0.1) is 6.61 Å². The van der Waals surface area contributed by atoms with Crippen molar-refractivity contribution in [1.29, 1.82) is 0 Å². The third-order valence-corrected chi connectivity index (χ3v) is 3.91. The number of piperidine rings is 1. The van der Waals surface area contributed by atoms with Gasteiger partial charge in [0.2, 0.25) is 5.13 Å². The van der Waals surface area contributed by atoms with Crippen molar-refractivity contribution in [2.75, 3.05) is 25.0 Å². The van der Waals surface area contributed by atoms with Crippen LogP contribution in [0.2, 0.25) is 0 Å². The van der Waals surface area contributed by atoms with E-state index in [1.165, 1.54) is 11.5 Å². The van der Waals surface area contributed by atoms with Crippen LogP contribution in [0.15, 0.2) is 0 Å². The minimum absolute atomic E-state index is 0.106. The van der Waals surface area contributed by atoms with E-state index in [1.807, 2.05) is 6.92 Å². The molecule has 6 nitrogen and oxygen atoms in total. The van der Waals surface area contributed by atoms with E-state index < -0.39 is 0 Å². The highest BCUT2D eigenvalue weighted by atomic mass is 32.1. The summed E-state index contributed by atoms with van der Waals surface area (Å²) in [5, 5.41) is 12.6. The molecular weight excluding hydrogens is 252 g/mol. The number of amides is 2. The van der Waals surface area contributed by atoms with Crippen LogP contribution in [0.3, 0.4) is 0 Å². The summed E-state index contributed by atoms with van der Waals surface area (Å²) in [5.74, 6) is 0.661. The summed E-state index contributed by atoms with van der Waals surface area (Å²) in [6.07, 6.45) is 1.87. The lowest BCUT2D eigenvalue weighted by Gasteiger charge is -2.39. The van der Waals surface area contributed by atoms with Crippen molar-refractivity contribution in [1.82, 2.24) is 14.3 Å². The molecule has 0 aliphatic carbocycles. The molecule has 0 unspecified atom stereocenters. The number of rotatable bonds is 2. The van der Waals surface area contributed by atoms with E-state index >= 15 is 0 Å². The van der Waals surface area contributed by atoms with E-state index in [1.54, 1.807) is 11.8 Å². The highest BCUT2D eigenvalue weighted by Gasteiger charge is 2.32. The van der Waals surface area contributed by atoms with Gasteiger partial charge in [0.15, 0.2) is 0 Å². The molecule has 7 heteroatoms. The predicted octanol–water partition coefficient (Wildman–Crippen LogP) is 1.47. The number of carbonyl (C=O) groups excluding carboxylic acids is 1. The Hall–Kier alpha value is -1.21. The van der Waals surface area contributed by atoms with E-state index in [9.17, 15) is 9.90 Å². The molecule has 1 aromatic heterocycles. The molecule has 1 aliphatic heterocycles. The van der Waals surface area contributed by atoms with Gasteiger partial charge < -0.3 is 10.0 Å². The number of aryl methyl sites for hydroxylation is 1. The Morgan fingerprint density at radius 2 is 2.44 bits per heavy atom. The number of aliphatic hydroxyl groups excluding tert-OH is 1. The quantitative estimate of drug-likeness (QED) is 0.853. The largest absolute Gasteiger partial charge is 0.396 e. The van der Waals surface area contributed by atoms with Crippen LogP contribution in [-0.2, 0) is 0 Å². The number of likely N-dealkylation sites (tertiary alicyclic amines) is 1. The monoisotopic (exact) mass is 270 g/mol. The van der Waals surface area contributed by atoms with Gasteiger partial charge in [-0.2, -0.15) is 4.37 Å². The van der Waals surface area contributed by atoms with Crippen LogP contribution in [0.25, 0.3) is 0 Å². The number of aromatic nitrogens is 2. The summed E-state index contributed by atoms with van der Waals surface area (Å²) < 4.78 is 4.02. The van der Waals surface area contributed by atoms with Gasteiger partial charge in [0, 0.05) is 30.0 Å². The molecule has 2 N–H and O–H groups in total. The molecule has 1 fully saturated rings. The Morgan fingerprint density at radius 3 is 3.06 bits per heavy atom. The lowest BCUT2D eigenvalue weighted by Crippen LogP contribution is -2.47. The second-order valence-corrected chi connectivity index (χ2v) is 5.82. The zero-order chi connectivity index (χ0) is 13.2. The highest BCUT2D eigenvalue weighted by Crippen LogP contribution is 2.29. The molecule has 18 heavy (non-hydrogen) atoms. The lowest BCUT2D eigenvalue weighted by molar-refractivity contribution is 0.0648. The van der Waals surface area contributed by atoms with Gasteiger partial charge in [-0.25, -0.2) is 9.78 Å². The zero-order valence-corrected chi connectivity index (χ0v) is 11.5. The Balaban J connectivity index is 1.96. The SMILES string of the molecule is Cc1nsc(NC(=O)N2CCC[C@@](C)(CO)C2)n1. The normalized spacial score (nSPS) is 24.1. The fourth-order valence-electron chi connectivity index (χ4n) is 2.14. The van der Waals surface area contributed by atoms with E-state index in [0.717, 1.165) is 19.4 Å². The maximum Gasteiger partial charge on any atom is 0.323 e. The Morgan fingerprint density at radius 1 is 1.67 bits per heavy atom. The van der Waals surface area contributed by atoms with Gasteiger partial charge in [-0.1, -0.05) is 6.92 Å².